The summed E-state index contributed by atoms with van der Waals surface area (Å²) in [6.45, 7) is 7.48. The molecular weight excluding hydrogens is 496 g/mol. The van der Waals surface area contributed by atoms with E-state index in [0.717, 1.165) is 26.7 Å². The van der Waals surface area contributed by atoms with Crippen LogP contribution < -0.4 is 14.4 Å². The fraction of sp³-hybridized carbons (Fsp3) is 0.321. The number of nitrogens with one attached hydrogen (secondary N) is 1. The first-order chi connectivity index (χ1) is 17.0. The summed E-state index contributed by atoms with van der Waals surface area (Å²) >= 11 is 6.33. The Morgan fingerprint density at radius 2 is 1.64 bits per heavy atom. The molecule has 1 atom stereocenters. The van der Waals surface area contributed by atoms with E-state index in [-0.39, 0.29) is 17.5 Å². The maximum atomic E-state index is 13.7. The van der Waals surface area contributed by atoms with Crippen LogP contribution in [0.1, 0.15) is 43.0 Å². The molecule has 192 valence electrons. The molecule has 0 unspecified atom stereocenters. The van der Waals surface area contributed by atoms with Crippen molar-refractivity contribution < 1.29 is 17.9 Å². The minimum atomic E-state index is -4.03. The predicted octanol–water partition coefficient (Wildman–Crippen LogP) is 6.06. The molecule has 0 saturated heterocycles. The van der Waals surface area contributed by atoms with Crippen LogP contribution in [-0.2, 0) is 14.8 Å². The topological polar surface area (TPSA) is 75.7 Å². The highest BCUT2D eigenvalue weighted by atomic mass is 35.5. The highest BCUT2D eigenvalue weighted by Crippen LogP contribution is 2.29. The normalized spacial score (nSPS) is 12.3. The molecule has 0 aliphatic rings. The second-order valence-electron chi connectivity index (χ2n) is 9.28. The fourth-order valence-electron chi connectivity index (χ4n) is 3.85. The minimum absolute atomic E-state index is 0.103. The van der Waals surface area contributed by atoms with Gasteiger partial charge in [0.2, 0.25) is 5.91 Å². The number of carbonyl (C=O) groups is 1. The van der Waals surface area contributed by atoms with Crippen LogP contribution in [0.2, 0.25) is 5.02 Å². The van der Waals surface area contributed by atoms with Gasteiger partial charge in [-0.3, -0.25) is 9.10 Å². The number of carbonyl (C=O) groups excluding carboxylic acids is 1. The van der Waals surface area contributed by atoms with E-state index in [9.17, 15) is 13.2 Å². The lowest BCUT2D eigenvalue weighted by atomic mass is 9.97. The molecule has 0 aromatic heterocycles. The van der Waals surface area contributed by atoms with Gasteiger partial charge in [-0.2, -0.15) is 0 Å². The monoisotopic (exact) mass is 528 g/mol. The van der Waals surface area contributed by atoms with Crippen molar-refractivity contribution in [3.63, 3.8) is 0 Å². The van der Waals surface area contributed by atoms with Gasteiger partial charge in [-0.25, -0.2) is 8.42 Å². The van der Waals surface area contributed by atoms with Crippen LogP contribution in [0, 0.1) is 19.8 Å². The number of sulfonamides is 1. The average Bonchev–Trinajstić information content (AvgIpc) is 2.84. The summed E-state index contributed by atoms with van der Waals surface area (Å²) in [5.41, 5.74) is 3.00. The molecule has 0 saturated carbocycles. The molecule has 0 aliphatic carbocycles. The molecule has 0 heterocycles. The standard InChI is InChI=1S/C28H33ClN2O4S/c1-19(2)16-27(22-9-12-24(35-5)13-10-22)30-28(32)18-31(23-11-8-21(4)26(29)17-23)36(33,34)25-14-6-20(3)7-15-25/h6-15,17,19,27H,16,18H2,1-5H3,(H,30,32)/t27-/m0/s1. The number of methoxy groups -OCH3 is 1. The lowest BCUT2D eigenvalue weighted by molar-refractivity contribution is -0.120. The molecule has 3 aromatic carbocycles. The Hall–Kier alpha value is -3.03. The van der Waals surface area contributed by atoms with E-state index in [4.69, 9.17) is 16.3 Å². The van der Waals surface area contributed by atoms with Gasteiger partial charge in [0.25, 0.3) is 10.0 Å². The van der Waals surface area contributed by atoms with Crippen LogP contribution in [0.4, 0.5) is 5.69 Å². The molecular formula is C28H33ClN2O4S. The van der Waals surface area contributed by atoms with E-state index in [1.54, 1.807) is 49.6 Å². The summed E-state index contributed by atoms with van der Waals surface area (Å²) < 4.78 is 33.7. The van der Waals surface area contributed by atoms with Gasteiger partial charge in [0.05, 0.1) is 23.7 Å². The lowest BCUT2D eigenvalue weighted by Crippen LogP contribution is -2.42. The summed E-state index contributed by atoms with van der Waals surface area (Å²) in [5, 5.41) is 3.47. The van der Waals surface area contributed by atoms with Crippen molar-refractivity contribution in [1.29, 1.82) is 0 Å². The van der Waals surface area contributed by atoms with E-state index in [1.807, 2.05) is 38.1 Å². The Morgan fingerprint density at radius 1 is 1.00 bits per heavy atom. The van der Waals surface area contributed by atoms with Crippen molar-refractivity contribution in [1.82, 2.24) is 5.32 Å². The van der Waals surface area contributed by atoms with Crippen molar-refractivity contribution in [2.24, 2.45) is 5.92 Å². The number of nitrogens with zero attached hydrogens (tertiary/aromatic N) is 1. The first-order valence-electron chi connectivity index (χ1n) is 11.8. The van der Waals surface area contributed by atoms with E-state index >= 15 is 0 Å². The molecule has 1 amide bonds. The van der Waals surface area contributed by atoms with E-state index < -0.39 is 15.9 Å². The molecule has 3 rings (SSSR count). The van der Waals surface area contributed by atoms with Crippen LogP contribution in [0.3, 0.4) is 0 Å². The van der Waals surface area contributed by atoms with Crippen LogP contribution in [0.25, 0.3) is 0 Å². The third-order valence-electron chi connectivity index (χ3n) is 5.90. The number of hydrogen-bond acceptors (Lipinski definition) is 4. The predicted molar refractivity (Wildman–Crippen MR) is 145 cm³/mol. The first-order valence-corrected chi connectivity index (χ1v) is 13.6. The number of aryl methyl sites for hydroxylation is 2. The Morgan fingerprint density at radius 3 is 2.19 bits per heavy atom. The van der Waals surface area contributed by atoms with Gasteiger partial charge in [0, 0.05) is 5.02 Å². The molecule has 8 heteroatoms. The molecule has 1 N–H and O–H groups in total. The van der Waals surface area contributed by atoms with E-state index in [0.29, 0.717) is 23.0 Å². The summed E-state index contributed by atoms with van der Waals surface area (Å²) in [7, 11) is -2.43. The van der Waals surface area contributed by atoms with Gasteiger partial charge in [-0.15, -0.1) is 0 Å². The van der Waals surface area contributed by atoms with Crippen molar-refractivity contribution in [2.75, 3.05) is 18.0 Å². The summed E-state index contributed by atoms with van der Waals surface area (Å²) in [6, 6.07) is 18.8. The highest BCUT2D eigenvalue weighted by Gasteiger charge is 2.28. The molecule has 0 bridgehead atoms. The molecule has 0 fully saturated rings. The van der Waals surface area contributed by atoms with Crippen LogP contribution >= 0.6 is 11.6 Å². The zero-order valence-electron chi connectivity index (χ0n) is 21.3. The average molecular weight is 529 g/mol. The molecule has 0 radical (unpaired) electrons. The van der Waals surface area contributed by atoms with Gasteiger partial charge >= 0.3 is 0 Å². The number of benzene rings is 3. The molecule has 6 nitrogen and oxygen atoms in total. The van der Waals surface area contributed by atoms with Crippen molar-refractivity contribution in [2.45, 2.75) is 45.1 Å². The lowest BCUT2D eigenvalue weighted by Gasteiger charge is -2.27. The Kier molecular flexibility index (Phi) is 9.03. The number of amides is 1. The highest BCUT2D eigenvalue weighted by molar-refractivity contribution is 7.92. The van der Waals surface area contributed by atoms with Crippen molar-refractivity contribution in [3.8, 4) is 5.75 Å². The number of rotatable bonds is 10. The zero-order chi connectivity index (χ0) is 26.5. The maximum Gasteiger partial charge on any atom is 0.264 e. The summed E-state index contributed by atoms with van der Waals surface area (Å²) in [5.74, 6) is 0.615. The minimum Gasteiger partial charge on any atom is -0.497 e. The number of anilines is 1. The third-order valence-corrected chi connectivity index (χ3v) is 8.10. The van der Waals surface area contributed by atoms with Gasteiger partial charge in [0.15, 0.2) is 0 Å². The zero-order valence-corrected chi connectivity index (χ0v) is 22.9. The van der Waals surface area contributed by atoms with Gasteiger partial charge in [-0.1, -0.05) is 61.3 Å². The second-order valence-corrected chi connectivity index (χ2v) is 11.6. The Labute approximate surface area is 219 Å². The fourth-order valence-corrected chi connectivity index (χ4v) is 5.43. The number of hydrogen-bond donors (Lipinski definition) is 1. The molecule has 0 aliphatic heterocycles. The summed E-state index contributed by atoms with van der Waals surface area (Å²) in [4.78, 5) is 13.4. The second kappa shape index (κ2) is 11.8. The quantitative estimate of drug-likeness (QED) is 0.347. The van der Waals surface area contributed by atoms with Crippen LogP contribution in [-0.4, -0.2) is 28.0 Å². The van der Waals surface area contributed by atoms with Crippen LogP contribution in [0.5, 0.6) is 5.75 Å². The Balaban J connectivity index is 1.94. The van der Waals surface area contributed by atoms with Crippen molar-refractivity contribution >= 4 is 33.2 Å². The van der Waals surface area contributed by atoms with Gasteiger partial charge in [-0.05, 0) is 73.7 Å². The van der Waals surface area contributed by atoms with Crippen molar-refractivity contribution in [3.05, 3.63) is 88.4 Å². The Bertz CT molecular complexity index is 1290. The SMILES string of the molecule is COc1ccc([C@H](CC(C)C)NC(=O)CN(c2ccc(C)c(Cl)c2)S(=O)(=O)c2ccc(C)cc2)cc1. The number of halogens is 1. The largest absolute Gasteiger partial charge is 0.497 e. The molecule has 36 heavy (non-hydrogen) atoms. The molecule has 0 spiro atoms. The summed E-state index contributed by atoms with van der Waals surface area (Å²) in [6.07, 6.45) is 0.694. The number of ether oxygens (including phenoxy) is 1. The van der Waals surface area contributed by atoms with E-state index in [2.05, 4.69) is 19.2 Å². The van der Waals surface area contributed by atoms with Gasteiger partial charge < -0.3 is 10.1 Å². The maximum absolute atomic E-state index is 13.7. The third kappa shape index (κ3) is 6.80. The van der Waals surface area contributed by atoms with Crippen LogP contribution in [0.15, 0.2) is 71.6 Å². The smallest absolute Gasteiger partial charge is 0.264 e. The molecule has 3 aromatic rings. The van der Waals surface area contributed by atoms with Gasteiger partial charge in [0.1, 0.15) is 12.3 Å². The van der Waals surface area contributed by atoms with E-state index in [1.165, 1.54) is 0 Å². The first kappa shape index (κ1) is 27.6.